The van der Waals surface area contributed by atoms with Crippen molar-refractivity contribution in [2.45, 2.75) is 20.3 Å². The molecular weight excluding hydrogens is 338 g/mol. The second-order valence-electron chi connectivity index (χ2n) is 6.52. The lowest BCUT2D eigenvalue weighted by Gasteiger charge is -2.17. The first-order valence-corrected chi connectivity index (χ1v) is 8.84. The van der Waals surface area contributed by atoms with Crippen molar-refractivity contribution in [2.75, 3.05) is 23.8 Å². The van der Waals surface area contributed by atoms with Gasteiger partial charge < -0.3 is 10.2 Å². The van der Waals surface area contributed by atoms with E-state index in [0.29, 0.717) is 11.6 Å². The molecule has 0 saturated heterocycles. The summed E-state index contributed by atoms with van der Waals surface area (Å²) in [5.41, 5.74) is 4.61. The molecule has 0 radical (unpaired) electrons. The Balaban J connectivity index is 1.66. The molecule has 0 spiro atoms. The highest BCUT2D eigenvalue weighted by molar-refractivity contribution is 6.03. The van der Waals surface area contributed by atoms with Crippen molar-refractivity contribution in [3.05, 3.63) is 77.4 Å². The van der Waals surface area contributed by atoms with Crippen LogP contribution in [-0.2, 0) is 6.42 Å². The lowest BCUT2D eigenvalue weighted by molar-refractivity contribution is 0.102. The Labute approximate surface area is 159 Å². The van der Waals surface area contributed by atoms with Gasteiger partial charge in [-0.3, -0.25) is 9.78 Å². The quantitative estimate of drug-likeness (QED) is 0.728. The highest BCUT2D eigenvalue weighted by Crippen LogP contribution is 2.15. The molecule has 0 bridgehead atoms. The van der Waals surface area contributed by atoms with Crippen LogP contribution in [0.2, 0.25) is 0 Å². The highest BCUT2D eigenvalue weighted by atomic mass is 16.1. The fourth-order valence-corrected chi connectivity index (χ4v) is 2.62. The minimum Gasteiger partial charge on any atom is -0.344 e. The minimum atomic E-state index is -0.246. The number of rotatable bonds is 6. The Hall–Kier alpha value is -3.28. The fourth-order valence-electron chi connectivity index (χ4n) is 2.62. The summed E-state index contributed by atoms with van der Waals surface area (Å²) >= 11 is 0. The molecule has 3 rings (SSSR count). The average Bonchev–Trinajstić information content (AvgIpc) is 2.70. The largest absolute Gasteiger partial charge is 0.344 e. The lowest BCUT2D eigenvalue weighted by atomic mass is 10.1. The summed E-state index contributed by atoms with van der Waals surface area (Å²) in [4.78, 5) is 27.2. The van der Waals surface area contributed by atoms with Gasteiger partial charge in [0.2, 0.25) is 5.95 Å². The molecule has 6 heteroatoms. The average molecular weight is 361 g/mol. The van der Waals surface area contributed by atoms with E-state index >= 15 is 0 Å². The van der Waals surface area contributed by atoms with Crippen LogP contribution in [0.3, 0.4) is 0 Å². The maximum Gasteiger partial charge on any atom is 0.274 e. The molecule has 0 fully saturated rings. The van der Waals surface area contributed by atoms with Crippen molar-refractivity contribution in [1.82, 2.24) is 15.0 Å². The van der Waals surface area contributed by atoms with E-state index in [1.54, 1.807) is 24.7 Å². The third kappa shape index (κ3) is 4.88. The van der Waals surface area contributed by atoms with E-state index in [0.717, 1.165) is 24.2 Å². The van der Waals surface area contributed by atoms with E-state index in [1.165, 1.54) is 11.1 Å². The van der Waals surface area contributed by atoms with Crippen LogP contribution in [0, 0.1) is 13.8 Å². The number of amides is 1. The number of aryl methyl sites for hydroxylation is 2. The molecule has 27 heavy (non-hydrogen) atoms. The van der Waals surface area contributed by atoms with E-state index < -0.39 is 0 Å². The van der Waals surface area contributed by atoms with E-state index in [-0.39, 0.29) is 5.91 Å². The number of anilines is 2. The molecule has 0 atom stereocenters. The monoisotopic (exact) mass is 361 g/mol. The van der Waals surface area contributed by atoms with Crippen LogP contribution in [0.1, 0.15) is 27.2 Å². The molecule has 0 unspecified atom stereocenters. The summed E-state index contributed by atoms with van der Waals surface area (Å²) in [6, 6.07) is 11.4. The van der Waals surface area contributed by atoms with Gasteiger partial charge in [0.25, 0.3) is 5.91 Å². The summed E-state index contributed by atoms with van der Waals surface area (Å²) in [6.07, 6.45) is 6.02. The molecule has 1 amide bonds. The van der Waals surface area contributed by atoms with Crippen LogP contribution in [0.4, 0.5) is 11.6 Å². The van der Waals surface area contributed by atoms with Crippen molar-refractivity contribution in [3.63, 3.8) is 0 Å². The number of hydrogen-bond donors (Lipinski definition) is 1. The summed E-state index contributed by atoms with van der Waals surface area (Å²) in [5, 5.41) is 2.90. The maximum absolute atomic E-state index is 12.5. The van der Waals surface area contributed by atoms with E-state index in [4.69, 9.17) is 0 Å². The van der Waals surface area contributed by atoms with Crippen molar-refractivity contribution in [3.8, 4) is 0 Å². The summed E-state index contributed by atoms with van der Waals surface area (Å²) in [5.74, 6) is 0.279. The van der Waals surface area contributed by atoms with E-state index in [9.17, 15) is 4.79 Å². The summed E-state index contributed by atoms with van der Waals surface area (Å²) < 4.78 is 0. The van der Waals surface area contributed by atoms with Gasteiger partial charge in [-0.2, -0.15) is 0 Å². The van der Waals surface area contributed by atoms with Crippen molar-refractivity contribution >= 4 is 17.5 Å². The molecule has 3 aromatic rings. The minimum absolute atomic E-state index is 0.246. The summed E-state index contributed by atoms with van der Waals surface area (Å²) in [7, 11) is 1.92. The zero-order valence-corrected chi connectivity index (χ0v) is 15.8. The van der Waals surface area contributed by atoms with Gasteiger partial charge >= 0.3 is 0 Å². The van der Waals surface area contributed by atoms with Crippen LogP contribution in [0.15, 0.2) is 55.0 Å². The van der Waals surface area contributed by atoms with Gasteiger partial charge in [0.15, 0.2) is 0 Å². The van der Waals surface area contributed by atoms with Crippen LogP contribution >= 0.6 is 0 Å². The summed E-state index contributed by atoms with van der Waals surface area (Å²) in [6.45, 7) is 4.80. The first-order chi connectivity index (χ1) is 13.0. The molecule has 1 N–H and O–H groups in total. The Morgan fingerprint density at radius 2 is 1.81 bits per heavy atom. The first kappa shape index (κ1) is 18.5. The Kier molecular flexibility index (Phi) is 5.76. The van der Waals surface area contributed by atoms with Crippen LogP contribution in [0.25, 0.3) is 0 Å². The molecule has 138 valence electrons. The number of nitrogens with one attached hydrogen (secondary N) is 1. The third-order valence-corrected chi connectivity index (χ3v) is 4.47. The number of carbonyl (C=O) groups is 1. The number of aromatic nitrogens is 3. The number of likely N-dealkylation sites (N-methyl/N-ethyl adjacent to an activating group) is 1. The van der Waals surface area contributed by atoms with Gasteiger partial charge in [-0.25, -0.2) is 9.97 Å². The van der Waals surface area contributed by atoms with Gasteiger partial charge in [-0.1, -0.05) is 6.07 Å². The molecule has 2 heterocycles. The molecule has 1 aromatic carbocycles. The number of benzene rings is 1. The van der Waals surface area contributed by atoms with E-state index in [2.05, 4.69) is 20.3 Å². The second kappa shape index (κ2) is 8.40. The normalized spacial score (nSPS) is 10.5. The molecule has 6 nitrogen and oxygen atoms in total. The lowest BCUT2D eigenvalue weighted by Crippen LogP contribution is -2.24. The SMILES string of the molecule is Cc1ccc(NC(=O)c2ccnc(N(C)CCc3ccncc3)n2)cc1C. The Bertz CT molecular complexity index is 927. The third-order valence-electron chi connectivity index (χ3n) is 4.47. The van der Waals surface area contributed by atoms with Crippen molar-refractivity contribution < 1.29 is 4.79 Å². The van der Waals surface area contributed by atoms with E-state index in [1.807, 2.05) is 56.1 Å². The van der Waals surface area contributed by atoms with Crippen molar-refractivity contribution in [1.29, 1.82) is 0 Å². The van der Waals surface area contributed by atoms with Gasteiger partial charge in [-0.15, -0.1) is 0 Å². The molecule has 0 aliphatic carbocycles. The second-order valence-corrected chi connectivity index (χ2v) is 6.52. The molecule has 0 aliphatic heterocycles. The number of nitrogens with zero attached hydrogens (tertiary/aromatic N) is 4. The standard InChI is InChI=1S/C21H23N5O/c1-15-4-5-18(14-16(15)2)24-20(27)19-8-12-23-21(25-19)26(3)13-9-17-6-10-22-11-7-17/h4-8,10-12,14H,9,13H2,1-3H3,(H,24,27). The first-order valence-electron chi connectivity index (χ1n) is 8.84. The topological polar surface area (TPSA) is 71.0 Å². The Morgan fingerprint density at radius 1 is 1.04 bits per heavy atom. The van der Waals surface area contributed by atoms with Gasteiger partial charge in [0.05, 0.1) is 0 Å². The molecule has 0 aliphatic rings. The van der Waals surface area contributed by atoms with Crippen LogP contribution in [-0.4, -0.2) is 34.5 Å². The maximum atomic E-state index is 12.5. The van der Waals surface area contributed by atoms with Gasteiger partial charge in [0, 0.05) is 37.9 Å². The fraction of sp³-hybridized carbons (Fsp3) is 0.238. The smallest absolute Gasteiger partial charge is 0.274 e. The highest BCUT2D eigenvalue weighted by Gasteiger charge is 2.12. The number of hydrogen-bond acceptors (Lipinski definition) is 5. The molecular formula is C21H23N5O. The van der Waals surface area contributed by atoms with Crippen molar-refractivity contribution in [2.24, 2.45) is 0 Å². The van der Waals surface area contributed by atoms with Crippen LogP contribution < -0.4 is 10.2 Å². The predicted octanol–water partition coefficient (Wildman–Crippen LogP) is 3.42. The molecule has 0 saturated carbocycles. The zero-order valence-electron chi connectivity index (χ0n) is 15.8. The van der Waals surface area contributed by atoms with Gasteiger partial charge in [0.1, 0.15) is 5.69 Å². The number of pyridine rings is 1. The predicted molar refractivity (Wildman–Crippen MR) is 107 cm³/mol. The van der Waals surface area contributed by atoms with Crippen LogP contribution in [0.5, 0.6) is 0 Å². The Morgan fingerprint density at radius 3 is 2.56 bits per heavy atom. The number of carbonyl (C=O) groups excluding carboxylic acids is 1. The zero-order chi connectivity index (χ0) is 19.2. The molecule has 2 aromatic heterocycles. The van der Waals surface area contributed by atoms with Gasteiger partial charge in [-0.05, 0) is 67.3 Å².